The van der Waals surface area contributed by atoms with Crippen molar-refractivity contribution < 1.29 is 14.7 Å². The lowest BCUT2D eigenvalue weighted by atomic mass is 10.1. The number of hydrogen-bond donors (Lipinski definition) is 2. The van der Waals surface area contributed by atoms with E-state index in [0.29, 0.717) is 19.4 Å². The van der Waals surface area contributed by atoms with Crippen molar-refractivity contribution in [3.8, 4) is 0 Å². The molecule has 0 saturated carbocycles. The Labute approximate surface area is 99.0 Å². The minimum Gasteiger partial charge on any atom is -0.481 e. The molecule has 17 heavy (non-hydrogen) atoms. The molecule has 1 heterocycles. The van der Waals surface area contributed by atoms with E-state index in [2.05, 4.69) is 5.43 Å². The van der Waals surface area contributed by atoms with E-state index in [1.807, 2.05) is 24.3 Å². The number of carbonyl (C=O) groups is 2. The second-order valence-corrected chi connectivity index (χ2v) is 3.95. The zero-order valence-corrected chi connectivity index (χ0v) is 9.35. The first-order valence-electron chi connectivity index (χ1n) is 5.54. The Hall–Kier alpha value is -1.88. The van der Waals surface area contributed by atoms with Gasteiger partial charge in [-0.05, 0) is 24.1 Å². The summed E-state index contributed by atoms with van der Waals surface area (Å²) in [5, 5.41) is 10.1. The van der Waals surface area contributed by atoms with Crippen LogP contribution < -0.4 is 10.4 Å². The van der Waals surface area contributed by atoms with Crippen LogP contribution in [0.25, 0.3) is 0 Å². The van der Waals surface area contributed by atoms with Gasteiger partial charge in [0.1, 0.15) is 0 Å². The molecule has 0 atom stereocenters. The number of rotatable bonds is 4. The molecule has 1 aromatic carbocycles. The Morgan fingerprint density at radius 3 is 2.94 bits per heavy atom. The first-order chi connectivity index (χ1) is 8.16. The molecule has 1 amide bonds. The summed E-state index contributed by atoms with van der Waals surface area (Å²) >= 11 is 0. The van der Waals surface area contributed by atoms with Gasteiger partial charge in [-0.2, -0.15) is 0 Å². The molecule has 0 aliphatic carbocycles. The van der Waals surface area contributed by atoms with Gasteiger partial charge >= 0.3 is 5.97 Å². The minimum absolute atomic E-state index is 0.0420. The molecule has 0 aromatic heterocycles. The van der Waals surface area contributed by atoms with Crippen molar-refractivity contribution in [3.05, 3.63) is 29.8 Å². The third-order valence-electron chi connectivity index (χ3n) is 2.65. The van der Waals surface area contributed by atoms with E-state index in [9.17, 15) is 9.59 Å². The molecule has 2 N–H and O–H groups in total. The monoisotopic (exact) mass is 234 g/mol. The molecule has 0 radical (unpaired) electrons. The van der Waals surface area contributed by atoms with Crippen LogP contribution in [0.4, 0.5) is 5.69 Å². The van der Waals surface area contributed by atoms with Crippen LogP contribution in [-0.2, 0) is 16.0 Å². The van der Waals surface area contributed by atoms with Gasteiger partial charge in [-0.1, -0.05) is 12.1 Å². The lowest BCUT2D eigenvalue weighted by Crippen LogP contribution is -2.33. The Kier molecular flexibility index (Phi) is 3.39. The predicted octanol–water partition coefficient (Wildman–Crippen LogP) is 0.945. The maximum Gasteiger partial charge on any atom is 0.303 e. The number of aryl methyl sites for hydroxylation is 1. The van der Waals surface area contributed by atoms with Gasteiger partial charge in [-0.15, -0.1) is 0 Å². The summed E-state index contributed by atoms with van der Waals surface area (Å²) in [5.74, 6) is -0.772. The summed E-state index contributed by atoms with van der Waals surface area (Å²) in [6.45, 7) is 0.651. The molecule has 1 fully saturated rings. The van der Waals surface area contributed by atoms with Crippen molar-refractivity contribution in [2.45, 2.75) is 19.3 Å². The molecule has 1 aliphatic rings. The van der Waals surface area contributed by atoms with Crippen molar-refractivity contribution in [1.29, 1.82) is 0 Å². The molecule has 0 spiro atoms. The Morgan fingerprint density at radius 2 is 2.29 bits per heavy atom. The molecule has 0 bridgehead atoms. The number of benzene rings is 1. The molecule has 5 heteroatoms. The van der Waals surface area contributed by atoms with Crippen molar-refractivity contribution in [2.24, 2.45) is 0 Å². The smallest absolute Gasteiger partial charge is 0.303 e. The maximum atomic E-state index is 11.5. The van der Waals surface area contributed by atoms with Crippen LogP contribution in [0, 0.1) is 0 Å². The third kappa shape index (κ3) is 2.82. The van der Waals surface area contributed by atoms with Crippen molar-refractivity contribution in [3.63, 3.8) is 0 Å². The summed E-state index contributed by atoms with van der Waals surface area (Å²) in [6.07, 6.45) is 1.08. The topological polar surface area (TPSA) is 69.6 Å². The van der Waals surface area contributed by atoms with Gasteiger partial charge in [0, 0.05) is 19.4 Å². The van der Waals surface area contributed by atoms with Crippen LogP contribution in [0.1, 0.15) is 18.4 Å². The van der Waals surface area contributed by atoms with Crippen molar-refractivity contribution in [1.82, 2.24) is 5.43 Å². The number of hydrazine groups is 1. The zero-order chi connectivity index (χ0) is 12.3. The zero-order valence-electron chi connectivity index (χ0n) is 9.35. The van der Waals surface area contributed by atoms with E-state index in [1.54, 1.807) is 0 Å². The Balaban J connectivity index is 2.10. The highest BCUT2D eigenvalue weighted by molar-refractivity contribution is 5.94. The highest BCUT2D eigenvalue weighted by atomic mass is 16.4. The standard InChI is InChI=1S/C12H14N2O3/c15-11-6-7-13-14(11)10-3-1-2-9(8-10)4-5-12(16)17/h1-3,8,13H,4-7H2,(H,16,17). The molecular weight excluding hydrogens is 220 g/mol. The lowest BCUT2D eigenvalue weighted by molar-refractivity contribution is -0.137. The van der Waals surface area contributed by atoms with Gasteiger partial charge in [-0.3, -0.25) is 9.59 Å². The molecule has 1 aromatic rings. The van der Waals surface area contributed by atoms with Gasteiger partial charge in [0.25, 0.3) is 0 Å². The molecule has 0 unspecified atom stereocenters. The number of nitrogens with one attached hydrogen (secondary N) is 1. The second-order valence-electron chi connectivity index (χ2n) is 3.95. The molecule has 1 saturated heterocycles. The van der Waals surface area contributed by atoms with Gasteiger partial charge < -0.3 is 5.11 Å². The number of anilines is 1. The minimum atomic E-state index is -0.814. The fourth-order valence-corrected chi connectivity index (χ4v) is 1.81. The van der Waals surface area contributed by atoms with Crippen LogP contribution >= 0.6 is 0 Å². The van der Waals surface area contributed by atoms with Crippen LogP contribution in [0.15, 0.2) is 24.3 Å². The van der Waals surface area contributed by atoms with Gasteiger partial charge in [0.05, 0.1) is 5.69 Å². The summed E-state index contributed by atoms with van der Waals surface area (Å²) in [6, 6.07) is 7.38. The van der Waals surface area contributed by atoms with Gasteiger partial charge in [-0.25, -0.2) is 10.4 Å². The molecule has 1 aliphatic heterocycles. The normalized spacial score (nSPS) is 15.3. The molecule has 5 nitrogen and oxygen atoms in total. The summed E-state index contributed by atoms with van der Waals surface area (Å²) in [5.41, 5.74) is 4.68. The number of aliphatic carboxylic acids is 1. The van der Waals surface area contributed by atoms with E-state index < -0.39 is 5.97 Å². The first kappa shape index (κ1) is 11.6. The van der Waals surface area contributed by atoms with Gasteiger partial charge in [0.15, 0.2) is 0 Å². The summed E-state index contributed by atoms with van der Waals surface area (Å²) in [4.78, 5) is 22.0. The van der Waals surface area contributed by atoms with E-state index >= 15 is 0 Å². The van der Waals surface area contributed by atoms with Crippen molar-refractivity contribution >= 4 is 17.6 Å². The molecular formula is C12H14N2O3. The largest absolute Gasteiger partial charge is 0.481 e. The number of nitrogens with zero attached hydrogens (tertiary/aromatic N) is 1. The van der Waals surface area contributed by atoms with Crippen LogP contribution in [0.3, 0.4) is 0 Å². The van der Waals surface area contributed by atoms with Crippen LogP contribution in [-0.4, -0.2) is 23.5 Å². The lowest BCUT2D eigenvalue weighted by Gasteiger charge is -2.16. The number of carboxylic acids is 1. The predicted molar refractivity (Wildman–Crippen MR) is 62.5 cm³/mol. The number of amides is 1. The average Bonchev–Trinajstić information content (AvgIpc) is 2.73. The van der Waals surface area contributed by atoms with Gasteiger partial charge in [0.2, 0.25) is 5.91 Å². The van der Waals surface area contributed by atoms with Crippen molar-refractivity contribution in [2.75, 3.05) is 11.6 Å². The third-order valence-corrected chi connectivity index (χ3v) is 2.65. The number of carbonyl (C=O) groups excluding carboxylic acids is 1. The van der Waals surface area contributed by atoms with E-state index in [-0.39, 0.29) is 12.3 Å². The van der Waals surface area contributed by atoms with Crippen LogP contribution in [0.2, 0.25) is 0 Å². The second kappa shape index (κ2) is 4.97. The summed E-state index contributed by atoms with van der Waals surface area (Å²) < 4.78 is 0. The molecule has 2 rings (SSSR count). The number of hydrogen-bond acceptors (Lipinski definition) is 3. The fourth-order valence-electron chi connectivity index (χ4n) is 1.81. The van der Waals surface area contributed by atoms with E-state index in [1.165, 1.54) is 5.01 Å². The Morgan fingerprint density at radius 1 is 1.47 bits per heavy atom. The average molecular weight is 234 g/mol. The Bertz CT molecular complexity index is 445. The fraction of sp³-hybridized carbons (Fsp3) is 0.333. The quantitative estimate of drug-likeness (QED) is 0.813. The van der Waals surface area contributed by atoms with Crippen LogP contribution in [0.5, 0.6) is 0 Å². The molecule has 90 valence electrons. The summed E-state index contributed by atoms with van der Waals surface area (Å²) in [7, 11) is 0. The maximum absolute atomic E-state index is 11.5. The van der Waals surface area contributed by atoms with E-state index in [0.717, 1.165) is 11.3 Å². The van der Waals surface area contributed by atoms with E-state index in [4.69, 9.17) is 5.11 Å². The first-order valence-corrected chi connectivity index (χ1v) is 5.54. The SMILES string of the molecule is O=C(O)CCc1cccc(N2NCCC2=O)c1. The number of carboxylic acid groups (broad SMARTS) is 1. The highest BCUT2D eigenvalue weighted by Crippen LogP contribution is 2.18. The highest BCUT2D eigenvalue weighted by Gasteiger charge is 2.21.